The average Bonchev–Trinajstić information content (AvgIpc) is 3.10. The third kappa shape index (κ3) is 6.49. The van der Waals surface area contributed by atoms with Gasteiger partial charge in [-0.3, -0.25) is 14.4 Å². The van der Waals surface area contributed by atoms with Crippen molar-refractivity contribution in [3.63, 3.8) is 0 Å². The van der Waals surface area contributed by atoms with Gasteiger partial charge in [0.25, 0.3) is 5.91 Å². The molecule has 172 valence electrons. The van der Waals surface area contributed by atoms with Crippen molar-refractivity contribution in [2.24, 2.45) is 0 Å². The van der Waals surface area contributed by atoms with Gasteiger partial charge in [-0.2, -0.15) is 0 Å². The van der Waals surface area contributed by atoms with E-state index in [0.29, 0.717) is 9.54 Å². The molecule has 12 heteroatoms. The van der Waals surface area contributed by atoms with E-state index >= 15 is 0 Å². The molecule has 0 spiro atoms. The predicted molar refractivity (Wildman–Crippen MR) is 122 cm³/mol. The molecule has 1 heterocycles. The summed E-state index contributed by atoms with van der Waals surface area (Å²) in [7, 11) is 1.43. The molecule has 2 amide bonds. The Morgan fingerprint density at radius 3 is 2.45 bits per heavy atom. The molecule has 0 radical (unpaired) electrons. The third-order valence-electron chi connectivity index (χ3n) is 4.07. The molecule has 0 aliphatic carbocycles. The number of anilines is 2. The average molecular weight is 538 g/mol. The van der Waals surface area contributed by atoms with Crippen LogP contribution in [-0.4, -0.2) is 35.0 Å². The number of halogens is 2. The number of hydrogen-bond donors (Lipinski definition) is 2. The molecule has 3 aromatic rings. The number of carboxylic acids is 1. The Balaban J connectivity index is 1.77. The summed E-state index contributed by atoms with van der Waals surface area (Å²) in [5, 5.41) is 12.4. The van der Waals surface area contributed by atoms with Gasteiger partial charge >= 0.3 is 5.97 Å². The van der Waals surface area contributed by atoms with Gasteiger partial charge in [-0.15, -0.1) is 5.06 Å². The van der Waals surface area contributed by atoms with E-state index < -0.39 is 30.0 Å². The number of methoxy groups -OCH3 is 1. The van der Waals surface area contributed by atoms with E-state index in [9.17, 15) is 18.8 Å². The number of para-hydroxylation sites is 2. The van der Waals surface area contributed by atoms with Crippen LogP contribution >= 0.6 is 27.3 Å². The molecule has 33 heavy (non-hydrogen) atoms. The van der Waals surface area contributed by atoms with E-state index in [-0.39, 0.29) is 28.7 Å². The van der Waals surface area contributed by atoms with Crippen LogP contribution in [0.25, 0.3) is 0 Å². The maximum absolute atomic E-state index is 13.4. The first-order valence-corrected chi connectivity index (χ1v) is 10.9. The van der Waals surface area contributed by atoms with E-state index in [2.05, 4.69) is 26.2 Å². The number of nitrogens with zero attached hydrogens (tertiary/aromatic N) is 2. The molecule has 3 rings (SSSR count). The van der Waals surface area contributed by atoms with Crippen LogP contribution in [0.4, 0.5) is 15.2 Å². The van der Waals surface area contributed by atoms with Gasteiger partial charge in [-0.1, -0.05) is 23.5 Å². The number of carboxylic acid groups (broad SMARTS) is 1. The van der Waals surface area contributed by atoms with Crippen LogP contribution in [0.2, 0.25) is 0 Å². The van der Waals surface area contributed by atoms with E-state index in [0.717, 1.165) is 28.5 Å². The number of carbonyl (C=O) groups is 3. The SMILES string of the molecule is COc1ccccc1ON(C(=O)CC(=O)Nc1nc(CC(=O)O)c(Br)s1)c1ccc(F)cc1. The van der Waals surface area contributed by atoms with Crippen LogP contribution in [0.5, 0.6) is 11.5 Å². The van der Waals surface area contributed by atoms with Crippen molar-refractivity contribution in [2.75, 3.05) is 17.5 Å². The molecule has 0 aliphatic heterocycles. The zero-order valence-electron chi connectivity index (χ0n) is 17.1. The zero-order chi connectivity index (χ0) is 24.0. The van der Waals surface area contributed by atoms with Gasteiger partial charge in [0, 0.05) is 0 Å². The zero-order valence-corrected chi connectivity index (χ0v) is 19.5. The second kappa shape index (κ2) is 10.9. The van der Waals surface area contributed by atoms with Gasteiger partial charge in [0.05, 0.1) is 28.7 Å². The molecule has 0 atom stereocenters. The molecule has 2 aromatic carbocycles. The standard InChI is InChI=1S/C21H17BrFN3O6S/c1-31-15-4-2-3-5-16(15)32-26(13-8-6-12(23)7-9-13)18(28)11-17(27)25-21-24-14(10-19(29)30)20(22)33-21/h2-9H,10-11H2,1H3,(H,29,30)(H,24,25,27). The Labute approximate surface area is 199 Å². The van der Waals surface area contributed by atoms with Gasteiger partial charge in [-0.05, 0) is 52.3 Å². The largest absolute Gasteiger partial charge is 0.493 e. The molecular weight excluding hydrogens is 521 g/mol. The van der Waals surface area contributed by atoms with Crippen LogP contribution in [-0.2, 0) is 20.8 Å². The molecule has 9 nitrogen and oxygen atoms in total. The van der Waals surface area contributed by atoms with Gasteiger partial charge < -0.3 is 20.0 Å². The fourth-order valence-corrected chi connectivity index (χ4v) is 4.04. The van der Waals surface area contributed by atoms with Crippen molar-refractivity contribution < 1.29 is 33.5 Å². The number of amides is 2. The Bertz CT molecular complexity index is 1170. The minimum Gasteiger partial charge on any atom is -0.493 e. The Hall–Kier alpha value is -3.51. The molecule has 0 aliphatic rings. The second-order valence-electron chi connectivity index (χ2n) is 6.44. The summed E-state index contributed by atoms with van der Waals surface area (Å²) in [6.45, 7) is 0. The third-order valence-corrected chi connectivity index (χ3v) is 5.82. The number of nitrogens with one attached hydrogen (secondary N) is 1. The number of thiazole rings is 1. The van der Waals surface area contributed by atoms with Crippen LogP contribution in [0.1, 0.15) is 12.1 Å². The van der Waals surface area contributed by atoms with Crippen LogP contribution < -0.4 is 20.0 Å². The minimum atomic E-state index is -1.07. The molecule has 0 bridgehead atoms. The normalized spacial score (nSPS) is 10.4. The highest BCUT2D eigenvalue weighted by Crippen LogP contribution is 2.30. The Morgan fingerprint density at radius 2 is 1.82 bits per heavy atom. The van der Waals surface area contributed by atoms with Gasteiger partial charge in [0.2, 0.25) is 5.91 Å². The van der Waals surface area contributed by atoms with Crippen molar-refractivity contribution in [1.82, 2.24) is 4.98 Å². The number of benzene rings is 2. The summed E-state index contributed by atoms with van der Waals surface area (Å²) in [6, 6.07) is 11.6. The van der Waals surface area contributed by atoms with Gasteiger partial charge in [0.15, 0.2) is 16.6 Å². The highest BCUT2D eigenvalue weighted by Gasteiger charge is 2.24. The first-order valence-electron chi connectivity index (χ1n) is 9.33. The van der Waals surface area contributed by atoms with Crippen molar-refractivity contribution >= 4 is 55.9 Å². The number of rotatable bonds is 9. The highest BCUT2D eigenvalue weighted by molar-refractivity contribution is 9.11. The van der Waals surface area contributed by atoms with Crippen LogP contribution in [0.15, 0.2) is 52.3 Å². The van der Waals surface area contributed by atoms with Gasteiger partial charge in [-0.25, -0.2) is 9.37 Å². The number of aromatic nitrogens is 1. The second-order valence-corrected chi connectivity index (χ2v) is 8.76. The van der Waals surface area contributed by atoms with Crippen molar-refractivity contribution in [2.45, 2.75) is 12.8 Å². The van der Waals surface area contributed by atoms with Crippen LogP contribution in [0, 0.1) is 5.82 Å². The lowest BCUT2D eigenvalue weighted by molar-refractivity contribution is -0.136. The summed E-state index contributed by atoms with van der Waals surface area (Å²) >= 11 is 4.22. The van der Waals surface area contributed by atoms with Crippen LogP contribution in [0.3, 0.4) is 0 Å². The lowest BCUT2D eigenvalue weighted by atomic mass is 10.3. The number of aliphatic carboxylic acids is 1. The summed E-state index contributed by atoms with van der Waals surface area (Å²) < 4.78 is 19.1. The first-order chi connectivity index (χ1) is 15.8. The summed E-state index contributed by atoms with van der Waals surface area (Å²) in [4.78, 5) is 46.1. The molecule has 0 saturated carbocycles. The van der Waals surface area contributed by atoms with E-state index in [1.54, 1.807) is 24.3 Å². The monoisotopic (exact) mass is 537 g/mol. The topological polar surface area (TPSA) is 118 Å². The summed E-state index contributed by atoms with van der Waals surface area (Å²) in [6.07, 6.45) is -0.949. The highest BCUT2D eigenvalue weighted by atomic mass is 79.9. The maximum atomic E-state index is 13.4. The fraction of sp³-hybridized carbons (Fsp3) is 0.143. The molecule has 0 fully saturated rings. The molecular formula is C21H17BrFN3O6S. The molecule has 0 unspecified atom stereocenters. The summed E-state index contributed by atoms with van der Waals surface area (Å²) in [5.74, 6) is -2.46. The Kier molecular flexibility index (Phi) is 7.96. The lowest BCUT2D eigenvalue weighted by Crippen LogP contribution is -2.36. The number of hydrogen-bond acceptors (Lipinski definition) is 7. The Morgan fingerprint density at radius 1 is 1.15 bits per heavy atom. The fourth-order valence-electron chi connectivity index (χ4n) is 2.63. The smallest absolute Gasteiger partial charge is 0.309 e. The summed E-state index contributed by atoms with van der Waals surface area (Å²) in [5.41, 5.74) is 0.447. The molecule has 0 saturated heterocycles. The molecule has 2 N–H and O–H groups in total. The number of ether oxygens (including phenoxy) is 1. The van der Waals surface area contributed by atoms with E-state index in [1.807, 2.05) is 0 Å². The quantitative estimate of drug-likeness (QED) is 0.312. The predicted octanol–water partition coefficient (Wildman–Crippen LogP) is 4.04. The van der Waals surface area contributed by atoms with Crippen molar-refractivity contribution in [3.05, 3.63) is 63.8 Å². The maximum Gasteiger partial charge on any atom is 0.309 e. The van der Waals surface area contributed by atoms with E-state index in [4.69, 9.17) is 14.7 Å². The first kappa shape index (κ1) is 24.1. The van der Waals surface area contributed by atoms with Crippen molar-refractivity contribution in [1.29, 1.82) is 0 Å². The molecule has 1 aromatic heterocycles. The lowest BCUT2D eigenvalue weighted by Gasteiger charge is -2.23. The van der Waals surface area contributed by atoms with Crippen molar-refractivity contribution in [3.8, 4) is 11.5 Å². The van der Waals surface area contributed by atoms with E-state index in [1.165, 1.54) is 19.2 Å². The van der Waals surface area contributed by atoms with Gasteiger partial charge in [0.1, 0.15) is 12.2 Å². The number of carbonyl (C=O) groups excluding carboxylic acids is 2. The number of hydroxylamine groups is 1. The minimum absolute atomic E-state index is 0.134.